The standard InChI is InChI=1S/C17H20N2O2S2/c1-2-23-15-7-8-17(15,21)10-18-16(20)13-5-3-12(4-6-13)14-9-22-11-19-14/h3-6,9,11,15,21H,2,7-8,10H2,1H3,(H,18,20)/t15-,17+/m1/s1. The fourth-order valence-electron chi connectivity index (χ4n) is 2.72. The molecule has 6 heteroatoms. The molecule has 122 valence electrons. The monoisotopic (exact) mass is 348 g/mol. The molecule has 1 aromatic heterocycles. The number of thioether (sulfide) groups is 1. The van der Waals surface area contributed by atoms with E-state index in [0.717, 1.165) is 29.9 Å². The zero-order valence-corrected chi connectivity index (χ0v) is 14.6. The number of aliphatic hydroxyl groups is 1. The Bertz CT molecular complexity index is 658. The number of amides is 1. The normalized spacial score (nSPS) is 23.3. The van der Waals surface area contributed by atoms with Gasteiger partial charge in [0.15, 0.2) is 0 Å². The largest absolute Gasteiger partial charge is 0.387 e. The quantitative estimate of drug-likeness (QED) is 0.842. The summed E-state index contributed by atoms with van der Waals surface area (Å²) in [5.41, 5.74) is 3.56. The summed E-state index contributed by atoms with van der Waals surface area (Å²) in [4.78, 5) is 16.5. The zero-order chi connectivity index (χ0) is 16.3. The van der Waals surface area contributed by atoms with E-state index in [1.54, 1.807) is 40.7 Å². The highest BCUT2D eigenvalue weighted by Gasteiger charge is 2.45. The Balaban J connectivity index is 1.58. The Hall–Kier alpha value is -1.37. The minimum absolute atomic E-state index is 0.143. The average molecular weight is 348 g/mol. The van der Waals surface area contributed by atoms with Gasteiger partial charge in [0, 0.05) is 28.3 Å². The molecule has 0 radical (unpaired) electrons. The summed E-state index contributed by atoms with van der Waals surface area (Å²) in [6.07, 6.45) is 1.78. The van der Waals surface area contributed by atoms with Crippen LogP contribution in [-0.4, -0.2) is 39.1 Å². The predicted molar refractivity (Wildman–Crippen MR) is 96.0 cm³/mol. The Labute approximate surface area is 144 Å². The summed E-state index contributed by atoms with van der Waals surface area (Å²) in [7, 11) is 0. The summed E-state index contributed by atoms with van der Waals surface area (Å²) < 4.78 is 0. The minimum Gasteiger partial charge on any atom is -0.387 e. The van der Waals surface area contributed by atoms with Crippen LogP contribution in [-0.2, 0) is 0 Å². The summed E-state index contributed by atoms with van der Waals surface area (Å²) in [5.74, 6) is 0.842. The van der Waals surface area contributed by atoms with Crippen LogP contribution < -0.4 is 5.32 Å². The lowest BCUT2D eigenvalue weighted by Crippen LogP contribution is -2.57. The predicted octanol–water partition coefficient (Wildman–Crippen LogP) is 3.19. The lowest BCUT2D eigenvalue weighted by molar-refractivity contribution is -0.0221. The van der Waals surface area contributed by atoms with Crippen LogP contribution in [0.5, 0.6) is 0 Å². The van der Waals surface area contributed by atoms with Gasteiger partial charge in [-0.3, -0.25) is 4.79 Å². The first kappa shape index (κ1) is 16.5. The molecule has 2 aromatic rings. The number of aromatic nitrogens is 1. The zero-order valence-electron chi connectivity index (χ0n) is 13.0. The van der Waals surface area contributed by atoms with Gasteiger partial charge in [-0.2, -0.15) is 11.8 Å². The molecular weight excluding hydrogens is 328 g/mol. The van der Waals surface area contributed by atoms with Crippen LogP contribution >= 0.6 is 23.1 Å². The Morgan fingerprint density at radius 2 is 2.26 bits per heavy atom. The highest BCUT2D eigenvalue weighted by molar-refractivity contribution is 8.00. The van der Waals surface area contributed by atoms with Crippen molar-refractivity contribution in [2.45, 2.75) is 30.6 Å². The molecule has 0 saturated heterocycles. The lowest BCUT2D eigenvalue weighted by atomic mass is 9.79. The van der Waals surface area contributed by atoms with Crippen molar-refractivity contribution in [2.24, 2.45) is 0 Å². The molecule has 0 aliphatic heterocycles. The first-order chi connectivity index (χ1) is 11.1. The van der Waals surface area contributed by atoms with Crippen molar-refractivity contribution in [1.29, 1.82) is 0 Å². The third kappa shape index (κ3) is 3.59. The Kier molecular flexibility index (Phi) is 5.04. The van der Waals surface area contributed by atoms with Crippen molar-refractivity contribution < 1.29 is 9.90 Å². The smallest absolute Gasteiger partial charge is 0.251 e. The van der Waals surface area contributed by atoms with E-state index in [4.69, 9.17) is 0 Å². The minimum atomic E-state index is -0.753. The first-order valence-corrected chi connectivity index (χ1v) is 9.72. The van der Waals surface area contributed by atoms with Crippen LogP contribution in [0.15, 0.2) is 35.2 Å². The number of thiazole rings is 1. The number of rotatable bonds is 6. The fraction of sp³-hybridized carbons (Fsp3) is 0.412. The summed E-state index contributed by atoms with van der Waals surface area (Å²) in [5, 5.41) is 15.6. The van der Waals surface area contributed by atoms with Gasteiger partial charge in [-0.05, 0) is 30.7 Å². The molecule has 0 bridgehead atoms. The third-order valence-electron chi connectivity index (χ3n) is 4.24. The molecule has 1 heterocycles. The summed E-state index contributed by atoms with van der Waals surface area (Å²) in [6.45, 7) is 2.41. The highest BCUT2D eigenvalue weighted by Crippen LogP contribution is 2.40. The van der Waals surface area contributed by atoms with Crippen molar-refractivity contribution in [3.63, 3.8) is 0 Å². The molecular formula is C17H20N2O2S2. The van der Waals surface area contributed by atoms with Crippen LogP contribution in [0.3, 0.4) is 0 Å². The van der Waals surface area contributed by atoms with Gasteiger partial charge in [0.2, 0.25) is 0 Å². The van der Waals surface area contributed by atoms with Crippen LogP contribution in [0, 0.1) is 0 Å². The van der Waals surface area contributed by atoms with Gasteiger partial charge in [-0.25, -0.2) is 4.98 Å². The van der Waals surface area contributed by atoms with Gasteiger partial charge in [0.05, 0.1) is 16.8 Å². The van der Waals surface area contributed by atoms with E-state index in [9.17, 15) is 9.90 Å². The van der Waals surface area contributed by atoms with Gasteiger partial charge in [0.25, 0.3) is 5.91 Å². The highest BCUT2D eigenvalue weighted by atomic mass is 32.2. The molecule has 2 N–H and O–H groups in total. The molecule has 1 saturated carbocycles. The maximum Gasteiger partial charge on any atom is 0.251 e. The number of carbonyl (C=O) groups excluding carboxylic acids is 1. The van der Waals surface area contributed by atoms with Gasteiger partial charge in [0.1, 0.15) is 0 Å². The molecule has 4 nitrogen and oxygen atoms in total. The number of nitrogens with zero attached hydrogens (tertiary/aromatic N) is 1. The first-order valence-electron chi connectivity index (χ1n) is 7.73. The molecule has 1 aromatic carbocycles. The number of benzene rings is 1. The maximum absolute atomic E-state index is 12.3. The van der Waals surface area contributed by atoms with E-state index in [0.29, 0.717) is 12.1 Å². The summed E-state index contributed by atoms with van der Waals surface area (Å²) in [6, 6.07) is 7.40. The molecule has 1 amide bonds. The molecule has 2 atom stereocenters. The fourth-order valence-corrected chi connectivity index (χ4v) is 4.48. The van der Waals surface area contributed by atoms with Crippen molar-refractivity contribution >= 4 is 29.0 Å². The topological polar surface area (TPSA) is 62.2 Å². The molecule has 0 unspecified atom stereocenters. The van der Waals surface area contributed by atoms with Gasteiger partial charge < -0.3 is 10.4 Å². The van der Waals surface area contributed by atoms with Crippen LogP contribution in [0.25, 0.3) is 11.3 Å². The van der Waals surface area contributed by atoms with E-state index in [1.807, 2.05) is 17.5 Å². The second-order valence-corrected chi connectivity index (χ2v) is 7.92. The molecule has 1 aliphatic carbocycles. The Morgan fingerprint density at radius 3 is 2.83 bits per heavy atom. The van der Waals surface area contributed by atoms with Crippen molar-refractivity contribution in [3.8, 4) is 11.3 Å². The second-order valence-electron chi connectivity index (χ2n) is 5.72. The molecule has 23 heavy (non-hydrogen) atoms. The van der Waals surface area contributed by atoms with Gasteiger partial charge in [-0.1, -0.05) is 19.1 Å². The van der Waals surface area contributed by atoms with E-state index in [2.05, 4.69) is 17.2 Å². The van der Waals surface area contributed by atoms with Crippen molar-refractivity contribution in [2.75, 3.05) is 12.3 Å². The van der Waals surface area contributed by atoms with Gasteiger partial charge >= 0.3 is 0 Å². The number of nitrogens with one attached hydrogen (secondary N) is 1. The van der Waals surface area contributed by atoms with Crippen molar-refractivity contribution in [3.05, 3.63) is 40.7 Å². The maximum atomic E-state index is 12.3. The lowest BCUT2D eigenvalue weighted by Gasteiger charge is -2.45. The van der Waals surface area contributed by atoms with Gasteiger partial charge in [-0.15, -0.1) is 11.3 Å². The summed E-state index contributed by atoms with van der Waals surface area (Å²) >= 11 is 3.31. The third-order valence-corrected chi connectivity index (χ3v) is 6.23. The molecule has 1 aliphatic rings. The number of hydrogen-bond donors (Lipinski definition) is 2. The van der Waals surface area contributed by atoms with Crippen LogP contribution in [0.2, 0.25) is 0 Å². The van der Waals surface area contributed by atoms with E-state index in [1.165, 1.54) is 0 Å². The van der Waals surface area contributed by atoms with Crippen molar-refractivity contribution in [1.82, 2.24) is 10.3 Å². The van der Waals surface area contributed by atoms with Crippen LogP contribution in [0.4, 0.5) is 0 Å². The van der Waals surface area contributed by atoms with E-state index >= 15 is 0 Å². The van der Waals surface area contributed by atoms with E-state index < -0.39 is 5.60 Å². The average Bonchev–Trinajstić information content (AvgIpc) is 3.11. The SMILES string of the molecule is CCS[C@@H]1CC[C@]1(O)CNC(=O)c1ccc(-c2cscn2)cc1. The van der Waals surface area contributed by atoms with E-state index in [-0.39, 0.29) is 11.2 Å². The molecule has 0 spiro atoms. The molecule has 1 fully saturated rings. The Morgan fingerprint density at radius 1 is 1.48 bits per heavy atom. The number of carbonyl (C=O) groups is 1. The van der Waals surface area contributed by atoms with Crippen LogP contribution in [0.1, 0.15) is 30.1 Å². The number of hydrogen-bond acceptors (Lipinski definition) is 5. The molecule has 3 rings (SSSR count). The second kappa shape index (κ2) is 7.03.